The van der Waals surface area contributed by atoms with Crippen molar-refractivity contribution in [2.75, 3.05) is 32.7 Å². The summed E-state index contributed by atoms with van der Waals surface area (Å²) in [5.41, 5.74) is 0. The highest BCUT2D eigenvalue weighted by atomic mass is 16.2. The fourth-order valence-electron chi connectivity index (χ4n) is 4.66. The van der Waals surface area contributed by atoms with Crippen molar-refractivity contribution in [3.63, 3.8) is 0 Å². The van der Waals surface area contributed by atoms with E-state index in [2.05, 4.69) is 22.5 Å². The van der Waals surface area contributed by atoms with Crippen molar-refractivity contribution in [2.24, 2.45) is 5.92 Å². The molecule has 6 heteroatoms. The van der Waals surface area contributed by atoms with Gasteiger partial charge in [0.05, 0.1) is 6.54 Å². The molecule has 1 aliphatic heterocycles. The Hall–Kier alpha value is -1.30. The highest BCUT2D eigenvalue weighted by Gasteiger charge is 2.26. The molecule has 148 valence electrons. The van der Waals surface area contributed by atoms with Crippen molar-refractivity contribution in [1.82, 2.24) is 20.4 Å². The summed E-state index contributed by atoms with van der Waals surface area (Å²) in [7, 11) is 0. The monoisotopic (exact) mass is 364 g/mol. The van der Waals surface area contributed by atoms with Crippen molar-refractivity contribution in [3.05, 3.63) is 0 Å². The molecule has 2 saturated carbocycles. The van der Waals surface area contributed by atoms with Gasteiger partial charge in [-0.05, 0) is 31.6 Å². The zero-order valence-corrected chi connectivity index (χ0v) is 16.3. The molecule has 6 nitrogen and oxygen atoms in total. The van der Waals surface area contributed by atoms with Crippen LogP contribution in [-0.2, 0) is 4.79 Å². The van der Waals surface area contributed by atoms with Crippen LogP contribution in [0.25, 0.3) is 0 Å². The minimum atomic E-state index is 0.0807. The van der Waals surface area contributed by atoms with Crippen LogP contribution in [-0.4, -0.2) is 66.5 Å². The minimum absolute atomic E-state index is 0.0807. The average molecular weight is 365 g/mol. The fourth-order valence-corrected chi connectivity index (χ4v) is 4.66. The second-order valence-electron chi connectivity index (χ2n) is 8.58. The molecule has 26 heavy (non-hydrogen) atoms. The predicted molar refractivity (Wildman–Crippen MR) is 103 cm³/mol. The van der Waals surface area contributed by atoms with Crippen LogP contribution < -0.4 is 10.6 Å². The number of rotatable bonds is 4. The molecule has 3 rings (SSSR count). The van der Waals surface area contributed by atoms with Gasteiger partial charge >= 0.3 is 6.03 Å². The van der Waals surface area contributed by atoms with Crippen molar-refractivity contribution < 1.29 is 9.59 Å². The Morgan fingerprint density at radius 3 is 2.23 bits per heavy atom. The molecule has 1 heterocycles. The van der Waals surface area contributed by atoms with Gasteiger partial charge in [-0.25, -0.2) is 4.79 Å². The average Bonchev–Trinajstić information content (AvgIpc) is 2.63. The Balaban J connectivity index is 1.34. The van der Waals surface area contributed by atoms with E-state index in [4.69, 9.17) is 0 Å². The molecule has 0 aromatic heterocycles. The topological polar surface area (TPSA) is 64.7 Å². The van der Waals surface area contributed by atoms with Crippen molar-refractivity contribution in [3.8, 4) is 0 Å². The minimum Gasteiger partial charge on any atom is -0.352 e. The van der Waals surface area contributed by atoms with Crippen LogP contribution in [0.4, 0.5) is 4.79 Å². The number of piperazine rings is 1. The van der Waals surface area contributed by atoms with E-state index in [0.29, 0.717) is 31.7 Å². The molecule has 1 saturated heterocycles. The molecule has 0 radical (unpaired) electrons. The molecular formula is C20H36N4O2. The SMILES string of the molecule is CC1CCCC(NC(=O)CN2CCN(C(=O)NC3CCCCC3)CC2)C1. The van der Waals surface area contributed by atoms with Gasteiger partial charge in [-0.2, -0.15) is 0 Å². The fraction of sp³-hybridized carbons (Fsp3) is 0.900. The molecule has 3 aliphatic rings. The number of amides is 3. The lowest BCUT2D eigenvalue weighted by atomic mass is 9.87. The Labute approximate surface area is 158 Å². The molecule has 0 aromatic carbocycles. The molecule has 0 spiro atoms. The van der Waals surface area contributed by atoms with E-state index in [1.807, 2.05) is 4.90 Å². The summed E-state index contributed by atoms with van der Waals surface area (Å²) in [6.45, 7) is 5.73. The summed E-state index contributed by atoms with van der Waals surface area (Å²) in [6, 6.07) is 0.795. The van der Waals surface area contributed by atoms with Gasteiger partial charge in [0, 0.05) is 38.3 Å². The number of carbonyl (C=O) groups excluding carboxylic acids is 2. The van der Waals surface area contributed by atoms with Crippen LogP contribution in [0.15, 0.2) is 0 Å². The molecule has 0 aromatic rings. The normalized spacial score (nSPS) is 28.6. The van der Waals surface area contributed by atoms with Gasteiger partial charge in [0.15, 0.2) is 0 Å². The van der Waals surface area contributed by atoms with Gasteiger partial charge in [-0.3, -0.25) is 9.69 Å². The summed E-state index contributed by atoms with van der Waals surface area (Å²) in [4.78, 5) is 28.8. The second kappa shape index (κ2) is 9.58. The first-order valence-electron chi connectivity index (χ1n) is 10.7. The largest absolute Gasteiger partial charge is 0.352 e. The summed E-state index contributed by atoms with van der Waals surface area (Å²) < 4.78 is 0. The van der Waals surface area contributed by atoms with Crippen LogP contribution >= 0.6 is 0 Å². The first-order chi connectivity index (χ1) is 12.6. The molecule has 2 unspecified atom stereocenters. The van der Waals surface area contributed by atoms with Crippen LogP contribution in [0.1, 0.15) is 64.7 Å². The van der Waals surface area contributed by atoms with E-state index in [9.17, 15) is 9.59 Å². The maximum absolute atomic E-state index is 12.4. The first-order valence-corrected chi connectivity index (χ1v) is 10.7. The number of nitrogens with zero attached hydrogens (tertiary/aromatic N) is 2. The first kappa shape index (κ1) is 19.5. The summed E-state index contributed by atoms with van der Waals surface area (Å²) in [6.07, 6.45) is 10.7. The smallest absolute Gasteiger partial charge is 0.317 e. The molecule has 2 N–H and O–H groups in total. The van der Waals surface area contributed by atoms with E-state index >= 15 is 0 Å². The number of hydrogen-bond acceptors (Lipinski definition) is 3. The van der Waals surface area contributed by atoms with E-state index in [-0.39, 0.29) is 11.9 Å². The third kappa shape index (κ3) is 5.86. The number of carbonyl (C=O) groups is 2. The maximum Gasteiger partial charge on any atom is 0.317 e. The molecular weight excluding hydrogens is 328 g/mol. The van der Waals surface area contributed by atoms with Gasteiger partial charge in [-0.1, -0.05) is 39.0 Å². The molecule has 3 fully saturated rings. The van der Waals surface area contributed by atoms with E-state index < -0.39 is 0 Å². The van der Waals surface area contributed by atoms with Crippen LogP contribution in [0.3, 0.4) is 0 Å². The number of nitrogens with one attached hydrogen (secondary N) is 2. The zero-order valence-electron chi connectivity index (χ0n) is 16.3. The van der Waals surface area contributed by atoms with Crippen molar-refractivity contribution in [1.29, 1.82) is 0 Å². The van der Waals surface area contributed by atoms with E-state index in [1.165, 1.54) is 32.1 Å². The zero-order chi connectivity index (χ0) is 18.4. The van der Waals surface area contributed by atoms with Gasteiger partial charge in [0.2, 0.25) is 5.91 Å². The summed E-state index contributed by atoms with van der Waals surface area (Å²) in [5, 5.41) is 6.40. The molecule has 3 amide bonds. The van der Waals surface area contributed by atoms with Crippen LogP contribution in [0, 0.1) is 5.92 Å². The summed E-state index contributed by atoms with van der Waals surface area (Å²) >= 11 is 0. The highest BCUT2D eigenvalue weighted by molar-refractivity contribution is 5.78. The Morgan fingerprint density at radius 2 is 1.54 bits per heavy atom. The third-order valence-corrected chi connectivity index (χ3v) is 6.26. The standard InChI is InChI=1S/C20H36N4O2/c1-16-6-5-9-18(14-16)21-19(25)15-23-10-12-24(13-11-23)20(26)22-17-7-3-2-4-8-17/h16-18H,2-15H2,1H3,(H,21,25)(H,22,26). The molecule has 2 atom stereocenters. The second-order valence-corrected chi connectivity index (χ2v) is 8.58. The lowest BCUT2D eigenvalue weighted by Gasteiger charge is -2.36. The number of urea groups is 1. The maximum atomic E-state index is 12.4. The van der Waals surface area contributed by atoms with E-state index in [0.717, 1.165) is 44.7 Å². The van der Waals surface area contributed by atoms with Crippen LogP contribution in [0.2, 0.25) is 0 Å². The Morgan fingerprint density at radius 1 is 0.846 bits per heavy atom. The molecule has 2 aliphatic carbocycles. The third-order valence-electron chi connectivity index (χ3n) is 6.26. The van der Waals surface area contributed by atoms with Gasteiger partial charge in [0.25, 0.3) is 0 Å². The van der Waals surface area contributed by atoms with Gasteiger partial charge in [-0.15, -0.1) is 0 Å². The van der Waals surface area contributed by atoms with Crippen LogP contribution in [0.5, 0.6) is 0 Å². The lowest BCUT2D eigenvalue weighted by molar-refractivity contribution is -0.123. The number of hydrogen-bond donors (Lipinski definition) is 2. The Kier molecular flexibility index (Phi) is 7.17. The van der Waals surface area contributed by atoms with Gasteiger partial charge in [0.1, 0.15) is 0 Å². The highest BCUT2D eigenvalue weighted by Crippen LogP contribution is 2.23. The predicted octanol–water partition coefficient (Wildman–Crippen LogP) is 2.34. The van der Waals surface area contributed by atoms with E-state index in [1.54, 1.807) is 0 Å². The van der Waals surface area contributed by atoms with Crippen molar-refractivity contribution >= 4 is 11.9 Å². The van der Waals surface area contributed by atoms with Gasteiger partial charge < -0.3 is 15.5 Å². The Bertz CT molecular complexity index is 470. The van der Waals surface area contributed by atoms with Crippen molar-refractivity contribution in [2.45, 2.75) is 76.8 Å². The summed E-state index contributed by atoms with van der Waals surface area (Å²) in [5.74, 6) is 0.865. The quantitative estimate of drug-likeness (QED) is 0.805. The molecule has 0 bridgehead atoms. The lowest BCUT2D eigenvalue weighted by Crippen LogP contribution is -2.55.